The molecule has 4 amide bonds. The molecule has 0 fully saturated rings. The lowest BCUT2D eigenvalue weighted by atomic mass is 9.94. The van der Waals surface area contributed by atoms with E-state index >= 15 is 8.78 Å². The molecule has 2 unspecified atom stereocenters. The Morgan fingerprint density at radius 1 is 0.794 bits per heavy atom. The lowest BCUT2D eigenvalue weighted by Gasteiger charge is -2.32. The van der Waals surface area contributed by atoms with Gasteiger partial charge in [0.05, 0.1) is 44.7 Å². The summed E-state index contributed by atoms with van der Waals surface area (Å²) in [7, 11) is 0. The number of hydrogen-bond acceptors (Lipinski definition) is 12. The second-order valence-electron chi connectivity index (χ2n) is 14.7. The van der Waals surface area contributed by atoms with Gasteiger partial charge in [0.1, 0.15) is 17.3 Å². The number of nitrogens with two attached hydrogens (primary N) is 5. The van der Waals surface area contributed by atoms with Crippen molar-refractivity contribution < 1.29 is 28.0 Å². The Labute approximate surface area is 378 Å². The number of aliphatic imine (C=N–C) groups is 2. The number of allylic oxidation sites excluding steroid dienone is 1. The van der Waals surface area contributed by atoms with Crippen LogP contribution in [0.2, 0.25) is 0 Å². The van der Waals surface area contributed by atoms with Gasteiger partial charge in [-0.3, -0.25) is 34.5 Å². The molecule has 15 N–H and O–H groups in total. The maximum Gasteiger partial charge on any atom is 0.274 e. The Morgan fingerprint density at radius 2 is 1.29 bits per heavy atom. The molecule has 2 rings (SSSR count). The van der Waals surface area contributed by atoms with Gasteiger partial charge in [0.15, 0.2) is 5.96 Å². The topological polar surface area (TPSA) is 283 Å². The molecule has 0 aliphatic rings. The van der Waals surface area contributed by atoms with Crippen LogP contribution < -0.4 is 55.3 Å². The van der Waals surface area contributed by atoms with Crippen LogP contribution in [0.15, 0.2) is 67.5 Å². The van der Waals surface area contributed by atoms with Gasteiger partial charge < -0.3 is 49.9 Å². The van der Waals surface area contributed by atoms with Gasteiger partial charge in [-0.1, -0.05) is 33.3 Å². The molecular formula is C43H66F2N12O4S2. The fourth-order valence-corrected chi connectivity index (χ4v) is 7.67. The third kappa shape index (κ3) is 19.6. The van der Waals surface area contributed by atoms with E-state index in [2.05, 4.69) is 36.6 Å². The van der Waals surface area contributed by atoms with Crippen LogP contribution in [0.5, 0.6) is 0 Å². The molecule has 0 radical (unpaired) electrons. The number of halogens is 2. The fraction of sp³-hybridized carbons (Fsp3) is 0.488. The first kappa shape index (κ1) is 54.3. The van der Waals surface area contributed by atoms with E-state index in [0.29, 0.717) is 73.0 Å². The monoisotopic (exact) mass is 916 g/mol. The normalized spacial score (nSPS) is 13.3. The molecule has 20 heteroatoms. The lowest BCUT2D eigenvalue weighted by Crippen LogP contribution is -2.56. The Balaban J connectivity index is 2.56. The molecule has 0 saturated carbocycles. The van der Waals surface area contributed by atoms with Crippen molar-refractivity contribution >= 4 is 82.1 Å². The minimum atomic E-state index is -0.790. The van der Waals surface area contributed by atoms with Crippen molar-refractivity contribution in [1.82, 2.24) is 5.32 Å². The van der Waals surface area contributed by atoms with Gasteiger partial charge in [-0.05, 0) is 95.3 Å². The number of nitrogens with one attached hydrogen (secondary N) is 5. The van der Waals surface area contributed by atoms with Gasteiger partial charge >= 0.3 is 0 Å². The lowest BCUT2D eigenvalue weighted by molar-refractivity contribution is -0.117. The molecule has 16 nitrogen and oxygen atoms in total. The van der Waals surface area contributed by atoms with Crippen LogP contribution in [0, 0.1) is 17.6 Å². The van der Waals surface area contributed by atoms with Crippen LogP contribution in [-0.4, -0.2) is 79.2 Å². The highest BCUT2D eigenvalue weighted by molar-refractivity contribution is 7.99. The SMILES string of the molecule is CC=NC(=CC(=CCC)C(=O)Nc1cc(F)cc(NC(=O)CCCCN)c1SCCN=C(N)N)C(=O)Nc1cc(F)cc(NC(=O)CCCCN)c1SCCNC(C)(N)C(C)CC. The van der Waals surface area contributed by atoms with Crippen LogP contribution in [0.3, 0.4) is 0 Å². The predicted molar refractivity (Wildman–Crippen MR) is 256 cm³/mol. The standard InChI is InChI=1S/C43H66F2N12O4S2/c1-6-13-28(40(60)56-33-25-29(44)23-31(54-36(58)14-9-11-16-46)38(33)62-20-18-52-42(48)49)22-35(51-8-3)41(61)57-34-26-30(45)24-32(55-37(59)15-10-12-17-47)39(34)63-21-19-53-43(5,50)27(4)7-2/h8,13,22-27,53H,6-7,9-12,14-21,46-47,50H2,1-5H3,(H,54,58)(H,55,59)(H,56,60)(H,57,61)(H4,48,49,52). The quantitative estimate of drug-likeness (QED) is 0.00929. The Morgan fingerprint density at radius 3 is 1.75 bits per heavy atom. The molecule has 2 aromatic carbocycles. The van der Waals surface area contributed by atoms with E-state index in [0.717, 1.165) is 24.6 Å². The second kappa shape index (κ2) is 28.8. The number of hydrogen-bond donors (Lipinski definition) is 10. The number of nitrogens with zero attached hydrogens (tertiary/aromatic N) is 2. The summed E-state index contributed by atoms with van der Waals surface area (Å²) in [4.78, 5) is 62.8. The summed E-state index contributed by atoms with van der Waals surface area (Å²) < 4.78 is 30.4. The van der Waals surface area contributed by atoms with Gasteiger partial charge in [0.2, 0.25) is 11.8 Å². The summed E-state index contributed by atoms with van der Waals surface area (Å²) in [6.07, 6.45) is 8.01. The van der Waals surface area contributed by atoms with E-state index < -0.39 is 29.1 Å². The van der Waals surface area contributed by atoms with Gasteiger partial charge in [-0.15, -0.1) is 23.5 Å². The summed E-state index contributed by atoms with van der Waals surface area (Å²) in [6, 6.07) is 4.58. The third-order valence-electron chi connectivity index (χ3n) is 9.47. The number of carbonyl (C=O) groups is 4. The largest absolute Gasteiger partial charge is 0.370 e. The maximum atomic E-state index is 15.3. The number of guanidine groups is 1. The highest BCUT2D eigenvalue weighted by Crippen LogP contribution is 2.38. The highest BCUT2D eigenvalue weighted by atomic mass is 32.2. The van der Waals surface area contributed by atoms with Gasteiger partial charge in [0.25, 0.3) is 11.8 Å². The van der Waals surface area contributed by atoms with Crippen molar-refractivity contribution in [2.24, 2.45) is 44.6 Å². The molecule has 0 aromatic heterocycles. The number of benzene rings is 2. The van der Waals surface area contributed by atoms with E-state index in [1.54, 1.807) is 19.9 Å². The predicted octanol–water partition coefficient (Wildman–Crippen LogP) is 5.76. The second-order valence-corrected chi connectivity index (χ2v) is 16.9. The Bertz CT molecular complexity index is 1970. The number of rotatable bonds is 28. The van der Waals surface area contributed by atoms with Gasteiger partial charge in [-0.2, -0.15) is 0 Å². The zero-order chi connectivity index (χ0) is 47.0. The van der Waals surface area contributed by atoms with Crippen LogP contribution >= 0.6 is 23.5 Å². The van der Waals surface area contributed by atoms with E-state index in [1.165, 1.54) is 41.9 Å². The molecule has 0 bridgehead atoms. The summed E-state index contributed by atoms with van der Waals surface area (Å²) in [5.74, 6) is -2.90. The minimum Gasteiger partial charge on any atom is -0.370 e. The van der Waals surface area contributed by atoms with Gasteiger partial charge in [-0.25, -0.2) is 8.78 Å². The van der Waals surface area contributed by atoms with E-state index in [-0.39, 0.29) is 77.1 Å². The number of thioether (sulfide) groups is 2. The van der Waals surface area contributed by atoms with E-state index in [1.807, 2.05) is 20.8 Å². The molecule has 0 saturated heterocycles. The summed E-state index contributed by atoms with van der Waals surface area (Å²) >= 11 is 2.46. The first-order valence-electron chi connectivity index (χ1n) is 21.0. The molecule has 0 aliphatic heterocycles. The summed E-state index contributed by atoms with van der Waals surface area (Å²) in [5.41, 5.74) is 28.2. The first-order chi connectivity index (χ1) is 30.0. The fourth-order valence-electron chi connectivity index (χ4n) is 5.81. The minimum absolute atomic E-state index is 0.00201. The zero-order valence-corrected chi connectivity index (χ0v) is 38.6. The molecule has 348 valence electrons. The van der Waals surface area contributed by atoms with Crippen LogP contribution in [-0.2, 0) is 19.2 Å². The van der Waals surface area contributed by atoms with Crippen LogP contribution in [0.1, 0.15) is 86.0 Å². The summed E-state index contributed by atoms with van der Waals surface area (Å²) in [5, 5.41) is 14.3. The van der Waals surface area contributed by atoms with Crippen molar-refractivity contribution in [1.29, 1.82) is 0 Å². The molecule has 2 aromatic rings. The van der Waals surface area contributed by atoms with Crippen molar-refractivity contribution in [3.05, 3.63) is 59.3 Å². The average molecular weight is 917 g/mol. The van der Waals surface area contributed by atoms with Crippen LogP contribution in [0.25, 0.3) is 0 Å². The van der Waals surface area contributed by atoms with Crippen molar-refractivity contribution in [2.75, 3.05) is 59.0 Å². The number of anilines is 4. The van der Waals surface area contributed by atoms with Crippen molar-refractivity contribution in [3.63, 3.8) is 0 Å². The number of unbranched alkanes of at least 4 members (excludes halogenated alkanes) is 2. The molecule has 0 aliphatic carbocycles. The molecule has 0 heterocycles. The third-order valence-corrected chi connectivity index (χ3v) is 11.7. The highest BCUT2D eigenvalue weighted by Gasteiger charge is 2.25. The van der Waals surface area contributed by atoms with Crippen LogP contribution in [0.4, 0.5) is 31.5 Å². The Hall–Kier alpha value is -4.86. The van der Waals surface area contributed by atoms with Gasteiger partial charge in [0, 0.05) is 42.7 Å². The van der Waals surface area contributed by atoms with E-state index in [4.69, 9.17) is 28.7 Å². The Kier molecular flexibility index (Phi) is 24.8. The zero-order valence-electron chi connectivity index (χ0n) is 37.0. The number of carbonyl (C=O) groups excluding carboxylic acids is 4. The first-order valence-corrected chi connectivity index (χ1v) is 23.0. The number of amides is 4. The average Bonchev–Trinajstić information content (AvgIpc) is 3.21. The van der Waals surface area contributed by atoms with Crippen molar-refractivity contribution in [2.45, 2.75) is 101 Å². The smallest absolute Gasteiger partial charge is 0.274 e. The molecule has 63 heavy (non-hydrogen) atoms. The molecular weight excluding hydrogens is 851 g/mol. The van der Waals surface area contributed by atoms with E-state index in [9.17, 15) is 19.2 Å². The summed E-state index contributed by atoms with van der Waals surface area (Å²) in [6.45, 7) is 10.8. The molecule has 2 atom stereocenters. The maximum absolute atomic E-state index is 15.3. The van der Waals surface area contributed by atoms with Crippen molar-refractivity contribution in [3.8, 4) is 0 Å². The molecule has 0 spiro atoms.